The Morgan fingerprint density at radius 2 is 1.97 bits per heavy atom. The van der Waals surface area contributed by atoms with Gasteiger partial charge in [-0.05, 0) is 74.7 Å². The number of piperidine rings is 1. The van der Waals surface area contributed by atoms with E-state index in [0.29, 0.717) is 18.9 Å². The second-order valence-corrected chi connectivity index (χ2v) is 9.61. The van der Waals surface area contributed by atoms with Crippen molar-refractivity contribution in [1.82, 2.24) is 30.4 Å². The number of amides is 1. The van der Waals surface area contributed by atoms with Crippen LogP contribution < -0.4 is 5.32 Å². The minimum Gasteiger partial charge on any atom is -0.508 e. The summed E-state index contributed by atoms with van der Waals surface area (Å²) in [7, 11) is 0. The highest BCUT2D eigenvalue weighted by atomic mass is 16.6. The molecule has 2 aromatic carbocycles. The summed E-state index contributed by atoms with van der Waals surface area (Å²) in [6.45, 7) is 8.52. The van der Waals surface area contributed by atoms with Crippen LogP contribution in [-0.4, -0.2) is 54.5 Å². The predicted molar refractivity (Wildman–Crippen MR) is 128 cm³/mol. The monoisotopic (exact) mass is 464 g/mol. The smallest absolute Gasteiger partial charge is 0.410 e. The van der Waals surface area contributed by atoms with Crippen molar-refractivity contribution in [3.8, 4) is 11.4 Å². The summed E-state index contributed by atoms with van der Waals surface area (Å²) in [5, 5.41) is 25.7. The lowest BCUT2D eigenvalue weighted by atomic mass is 9.90. The number of ether oxygens (including phenoxy) is 1. The number of hydrogen-bond acceptors (Lipinski definition) is 7. The molecule has 1 aliphatic rings. The molecule has 0 saturated carbocycles. The van der Waals surface area contributed by atoms with E-state index < -0.39 is 5.60 Å². The molecule has 0 unspecified atom stereocenters. The van der Waals surface area contributed by atoms with Gasteiger partial charge >= 0.3 is 6.09 Å². The third-order valence-corrected chi connectivity index (χ3v) is 5.89. The van der Waals surface area contributed by atoms with E-state index in [4.69, 9.17) is 4.74 Å². The maximum absolute atomic E-state index is 13.1. The molecular formula is C25H32N6O3. The quantitative estimate of drug-likeness (QED) is 0.590. The molecule has 3 aromatic rings. The molecule has 0 bridgehead atoms. The van der Waals surface area contributed by atoms with Crippen molar-refractivity contribution in [2.75, 3.05) is 6.54 Å². The van der Waals surface area contributed by atoms with Crippen LogP contribution in [0.1, 0.15) is 56.6 Å². The average molecular weight is 465 g/mol. The Morgan fingerprint density at radius 1 is 1.21 bits per heavy atom. The van der Waals surface area contributed by atoms with Crippen LogP contribution in [0.2, 0.25) is 0 Å². The van der Waals surface area contributed by atoms with Crippen LogP contribution in [0.5, 0.6) is 5.75 Å². The summed E-state index contributed by atoms with van der Waals surface area (Å²) in [4.78, 5) is 14.9. The second kappa shape index (κ2) is 9.80. The molecule has 34 heavy (non-hydrogen) atoms. The van der Waals surface area contributed by atoms with E-state index in [2.05, 4.69) is 20.8 Å². The Kier molecular flexibility index (Phi) is 6.83. The molecule has 1 fully saturated rings. The van der Waals surface area contributed by atoms with Gasteiger partial charge in [-0.25, -0.2) is 4.79 Å². The van der Waals surface area contributed by atoms with E-state index in [0.717, 1.165) is 29.7 Å². The van der Waals surface area contributed by atoms with Crippen LogP contribution in [0.25, 0.3) is 5.69 Å². The molecule has 0 aliphatic carbocycles. The first-order chi connectivity index (χ1) is 16.2. The first-order valence-electron chi connectivity index (χ1n) is 11.6. The largest absolute Gasteiger partial charge is 0.508 e. The highest BCUT2D eigenvalue weighted by Crippen LogP contribution is 2.33. The number of hydrogen-bond donors (Lipinski definition) is 2. The number of likely N-dealkylation sites (tertiary alicyclic amines) is 1. The molecule has 1 aromatic heterocycles. The van der Waals surface area contributed by atoms with Gasteiger partial charge in [-0.2, -0.15) is 4.68 Å². The first-order valence-corrected chi connectivity index (χ1v) is 11.6. The number of carbonyl (C=O) groups excluding carboxylic acids is 1. The van der Waals surface area contributed by atoms with E-state index in [-0.39, 0.29) is 23.9 Å². The molecule has 1 aliphatic heterocycles. The molecule has 1 saturated heterocycles. The van der Waals surface area contributed by atoms with Gasteiger partial charge in [0, 0.05) is 24.7 Å². The highest BCUT2D eigenvalue weighted by Gasteiger charge is 2.37. The third kappa shape index (κ3) is 5.36. The van der Waals surface area contributed by atoms with Crippen molar-refractivity contribution >= 4 is 6.09 Å². The van der Waals surface area contributed by atoms with Crippen molar-refractivity contribution < 1.29 is 14.6 Å². The van der Waals surface area contributed by atoms with Crippen LogP contribution in [-0.2, 0) is 11.3 Å². The van der Waals surface area contributed by atoms with Crippen LogP contribution in [0.3, 0.4) is 0 Å². The Morgan fingerprint density at radius 3 is 2.65 bits per heavy atom. The summed E-state index contributed by atoms with van der Waals surface area (Å²) in [5.74, 6) is 0.854. The number of aryl methyl sites for hydroxylation is 1. The standard InChI is InChI=1S/C25H32N6O3/c1-17-27-28-29-31(17)20-12-13-22(32)19(15-20)16-26-21-11-8-14-30(24(33)34-25(2,3)4)23(21)18-9-6-5-7-10-18/h5-7,9-10,12-13,15,21,23,26,32H,8,11,14,16H2,1-4H3/t21-,23-/m0/s1. The van der Waals surface area contributed by atoms with Gasteiger partial charge in [-0.15, -0.1) is 5.10 Å². The normalized spacial score (nSPS) is 18.6. The Balaban J connectivity index is 1.58. The molecule has 9 nitrogen and oxygen atoms in total. The van der Waals surface area contributed by atoms with Crippen molar-refractivity contribution in [1.29, 1.82) is 0 Å². The highest BCUT2D eigenvalue weighted by molar-refractivity contribution is 5.69. The summed E-state index contributed by atoms with van der Waals surface area (Å²) in [6.07, 6.45) is 1.44. The van der Waals surface area contributed by atoms with Crippen molar-refractivity contribution in [3.05, 3.63) is 65.5 Å². The minimum atomic E-state index is -0.570. The number of aromatic hydroxyl groups is 1. The van der Waals surface area contributed by atoms with Gasteiger partial charge in [0.1, 0.15) is 11.4 Å². The fraction of sp³-hybridized carbons (Fsp3) is 0.440. The van der Waals surface area contributed by atoms with Gasteiger partial charge in [-0.3, -0.25) is 4.90 Å². The van der Waals surface area contributed by atoms with Gasteiger partial charge in [0.15, 0.2) is 5.82 Å². The van der Waals surface area contributed by atoms with Crippen LogP contribution in [0, 0.1) is 6.92 Å². The summed E-state index contributed by atoms with van der Waals surface area (Å²) in [5.41, 5.74) is 1.98. The van der Waals surface area contributed by atoms with Gasteiger partial charge in [-0.1, -0.05) is 30.3 Å². The number of phenolic OH excluding ortho intramolecular Hbond substituents is 1. The Bertz CT molecular complexity index is 1130. The van der Waals surface area contributed by atoms with Gasteiger partial charge in [0.05, 0.1) is 11.7 Å². The van der Waals surface area contributed by atoms with Crippen molar-refractivity contribution in [2.45, 2.75) is 64.8 Å². The van der Waals surface area contributed by atoms with E-state index in [1.165, 1.54) is 0 Å². The molecule has 9 heteroatoms. The topological polar surface area (TPSA) is 105 Å². The molecule has 180 valence electrons. The Hall–Kier alpha value is -3.46. The summed E-state index contributed by atoms with van der Waals surface area (Å²) >= 11 is 0. The molecular weight excluding hydrogens is 432 g/mol. The number of nitrogens with one attached hydrogen (secondary N) is 1. The molecule has 1 amide bonds. The lowest BCUT2D eigenvalue weighted by Crippen LogP contribution is -2.51. The van der Waals surface area contributed by atoms with Crippen LogP contribution in [0.15, 0.2) is 48.5 Å². The maximum atomic E-state index is 13.1. The number of carbonyl (C=O) groups is 1. The zero-order valence-electron chi connectivity index (χ0n) is 20.1. The second-order valence-electron chi connectivity index (χ2n) is 9.61. The lowest BCUT2D eigenvalue weighted by Gasteiger charge is -2.42. The fourth-order valence-corrected chi connectivity index (χ4v) is 4.35. The lowest BCUT2D eigenvalue weighted by molar-refractivity contribution is 0.00380. The third-order valence-electron chi connectivity index (χ3n) is 5.89. The molecule has 2 atom stereocenters. The molecule has 4 rings (SSSR count). The fourth-order valence-electron chi connectivity index (χ4n) is 4.35. The number of rotatable bonds is 5. The van der Waals surface area contributed by atoms with E-state index in [1.54, 1.807) is 16.8 Å². The van der Waals surface area contributed by atoms with Crippen molar-refractivity contribution in [3.63, 3.8) is 0 Å². The first kappa shape index (κ1) is 23.7. The van der Waals surface area contributed by atoms with Crippen molar-refractivity contribution in [2.24, 2.45) is 0 Å². The predicted octanol–water partition coefficient (Wildman–Crippen LogP) is 3.91. The number of tetrazole rings is 1. The summed E-state index contributed by atoms with van der Waals surface area (Å²) < 4.78 is 7.35. The molecule has 0 spiro atoms. The SMILES string of the molecule is Cc1nnnn1-c1ccc(O)c(CN[C@H]2CCCN(C(=O)OC(C)(C)C)[C@H]2c2ccccc2)c1. The minimum absolute atomic E-state index is 0.0125. The number of nitrogens with zero attached hydrogens (tertiary/aromatic N) is 5. The zero-order chi connectivity index (χ0) is 24.3. The zero-order valence-corrected chi connectivity index (χ0v) is 20.1. The van der Waals surface area contributed by atoms with Gasteiger partial charge < -0.3 is 15.2 Å². The van der Waals surface area contributed by atoms with Gasteiger partial charge in [0.2, 0.25) is 0 Å². The average Bonchev–Trinajstić information content (AvgIpc) is 3.23. The van der Waals surface area contributed by atoms with Gasteiger partial charge in [0.25, 0.3) is 0 Å². The maximum Gasteiger partial charge on any atom is 0.410 e. The van der Waals surface area contributed by atoms with E-state index >= 15 is 0 Å². The number of benzene rings is 2. The number of aromatic nitrogens is 4. The van der Waals surface area contributed by atoms with E-state index in [1.807, 2.05) is 69.0 Å². The molecule has 0 radical (unpaired) electrons. The number of phenols is 1. The van der Waals surface area contributed by atoms with Crippen LogP contribution in [0.4, 0.5) is 4.79 Å². The Labute approximate surface area is 199 Å². The van der Waals surface area contributed by atoms with Crippen LogP contribution >= 0.6 is 0 Å². The van der Waals surface area contributed by atoms with E-state index in [9.17, 15) is 9.90 Å². The molecule has 2 N–H and O–H groups in total. The summed E-state index contributed by atoms with van der Waals surface area (Å²) in [6, 6.07) is 15.1. The molecule has 2 heterocycles.